The maximum atomic E-state index is 11.8. The van der Waals surface area contributed by atoms with Crippen LogP contribution in [0.5, 0.6) is 0 Å². The molecule has 90 valence electrons. The lowest BCUT2D eigenvalue weighted by Gasteiger charge is -2.19. The van der Waals surface area contributed by atoms with Crippen LogP contribution in [-0.4, -0.2) is 21.1 Å². The Balaban J connectivity index is 2.36. The summed E-state index contributed by atoms with van der Waals surface area (Å²) in [4.78, 5) is 16.0. The van der Waals surface area contributed by atoms with Crippen molar-refractivity contribution in [1.29, 1.82) is 0 Å². The summed E-state index contributed by atoms with van der Waals surface area (Å²) in [6.45, 7) is 5.52. The van der Waals surface area contributed by atoms with Crippen molar-refractivity contribution >= 4 is 16.9 Å². The van der Waals surface area contributed by atoms with Gasteiger partial charge in [0.05, 0.1) is 5.52 Å². The molecular formula is C13H16N2O2. The predicted molar refractivity (Wildman–Crippen MR) is 65.9 cm³/mol. The fourth-order valence-corrected chi connectivity index (χ4v) is 1.60. The van der Waals surface area contributed by atoms with E-state index in [1.165, 1.54) is 0 Å². The molecule has 0 radical (unpaired) electrons. The van der Waals surface area contributed by atoms with Crippen LogP contribution in [0.2, 0.25) is 0 Å². The number of hydrogen-bond acceptors (Lipinski definition) is 3. The first-order valence-corrected chi connectivity index (χ1v) is 5.51. The molecule has 0 aromatic carbocycles. The third kappa shape index (κ3) is 2.46. The van der Waals surface area contributed by atoms with Crippen molar-refractivity contribution in [1.82, 2.24) is 9.55 Å². The lowest BCUT2D eigenvalue weighted by atomic mass is 10.2. The molecule has 4 heteroatoms. The zero-order valence-electron chi connectivity index (χ0n) is 10.5. The van der Waals surface area contributed by atoms with Gasteiger partial charge in [-0.1, -0.05) is 0 Å². The van der Waals surface area contributed by atoms with E-state index in [0.717, 1.165) is 10.9 Å². The number of rotatable bonds is 1. The third-order valence-electron chi connectivity index (χ3n) is 2.38. The molecule has 0 amide bonds. The molecule has 2 rings (SSSR count). The summed E-state index contributed by atoms with van der Waals surface area (Å²) in [6.07, 6.45) is 3.62. The Morgan fingerprint density at radius 2 is 2.12 bits per heavy atom. The zero-order valence-corrected chi connectivity index (χ0v) is 10.5. The summed E-state index contributed by atoms with van der Waals surface area (Å²) in [7, 11) is 1.93. The second-order valence-corrected chi connectivity index (χ2v) is 5.06. The average Bonchev–Trinajstić information content (AvgIpc) is 2.57. The fourth-order valence-electron chi connectivity index (χ4n) is 1.60. The number of hydrogen-bond donors (Lipinski definition) is 0. The smallest absolute Gasteiger partial charge is 0.357 e. The van der Waals surface area contributed by atoms with Gasteiger partial charge in [0.1, 0.15) is 11.3 Å². The van der Waals surface area contributed by atoms with Crippen LogP contribution in [0.25, 0.3) is 10.9 Å². The van der Waals surface area contributed by atoms with Crippen LogP contribution in [0, 0.1) is 0 Å². The van der Waals surface area contributed by atoms with Gasteiger partial charge < -0.3 is 9.30 Å². The van der Waals surface area contributed by atoms with Crippen LogP contribution < -0.4 is 0 Å². The number of aryl methyl sites for hydroxylation is 1. The molecular weight excluding hydrogens is 216 g/mol. The van der Waals surface area contributed by atoms with Crippen molar-refractivity contribution in [2.75, 3.05) is 0 Å². The summed E-state index contributed by atoms with van der Waals surface area (Å²) in [5.74, 6) is -0.388. The van der Waals surface area contributed by atoms with E-state index in [1.54, 1.807) is 12.3 Å². The van der Waals surface area contributed by atoms with Crippen molar-refractivity contribution in [3.8, 4) is 0 Å². The maximum absolute atomic E-state index is 11.8. The zero-order chi connectivity index (χ0) is 12.6. The van der Waals surface area contributed by atoms with E-state index < -0.39 is 5.60 Å². The van der Waals surface area contributed by atoms with Gasteiger partial charge in [-0.3, -0.25) is 0 Å². The highest BCUT2D eigenvalue weighted by Gasteiger charge is 2.19. The number of pyridine rings is 1. The number of fused-ring (bicyclic) bond motifs is 1. The van der Waals surface area contributed by atoms with Crippen molar-refractivity contribution in [2.45, 2.75) is 26.4 Å². The van der Waals surface area contributed by atoms with Gasteiger partial charge in [0, 0.05) is 24.8 Å². The van der Waals surface area contributed by atoms with Crippen LogP contribution in [0.4, 0.5) is 0 Å². The monoisotopic (exact) mass is 232 g/mol. The van der Waals surface area contributed by atoms with E-state index in [-0.39, 0.29) is 5.97 Å². The minimum atomic E-state index is -0.498. The summed E-state index contributed by atoms with van der Waals surface area (Å²) >= 11 is 0. The summed E-state index contributed by atoms with van der Waals surface area (Å²) in [5, 5.41) is 1.01. The number of aromatic nitrogens is 2. The topological polar surface area (TPSA) is 44.1 Å². The van der Waals surface area contributed by atoms with Crippen LogP contribution >= 0.6 is 0 Å². The Bertz CT molecular complexity index is 564. The van der Waals surface area contributed by atoms with E-state index in [2.05, 4.69) is 4.98 Å². The molecule has 0 fully saturated rings. The van der Waals surface area contributed by atoms with Gasteiger partial charge in [-0.2, -0.15) is 0 Å². The Morgan fingerprint density at radius 1 is 1.41 bits per heavy atom. The van der Waals surface area contributed by atoms with Gasteiger partial charge in [-0.15, -0.1) is 0 Å². The highest BCUT2D eigenvalue weighted by atomic mass is 16.6. The first-order valence-electron chi connectivity index (χ1n) is 5.51. The van der Waals surface area contributed by atoms with E-state index in [1.807, 2.05) is 44.6 Å². The molecule has 0 bridgehead atoms. The highest BCUT2D eigenvalue weighted by Crippen LogP contribution is 2.16. The van der Waals surface area contributed by atoms with Crippen molar-refractivity contribution in [2.24, 2.45) is 7.05 Å². The number of carbonyl (C=O) groups excluding carboxylic acids is 1. The molecule has 4 nitrogen and oxygen atoms in total. The largest absolute Gasteiger partial charge is 0.455 e. The molecule has 2 aromatic rings. The number of carbonyl (C=O) groups is 1. The number of ether oxygens (including phenoxy) is 1. The minimum Gasteiger partial charge on any atom is -0.455 e. The molecule has 2 aromatic heterocycles. The van der Waals surface area contributed by atoms with Crippen LogP contribution in [0.1, 0.15) is 31.3 Å². The normalized spacial score (nSPS) is 11.8. The Hall–Kier alpha value is -1.84. The van der Waals surface area contributed by atoms with Crippen LogP contribution in [0.15, 0.2) is 24.5 Å². The van der Waals surface area contributed by atoms with Crippen molar-refractivity contribution < 1.29 is 9.53 Å². The Labute approximate surface area is 100 Å². The molecule has 0 aliphatic heterocycles. The molecule has 0 saturated heterocycles. The van der Waals surface area contributed by atoms with Crippen molar-refractivity contribution in [3.63, 3.8) is 0 Å². The molecule has 0 unspecified atom stereocenters. The summed E-state index contributed by atoms with van der Waals surface area (Å²) in [6, 6.07) is 3.71. The predicted octanol–water partition coefficient (Wildman–Crippen LogP) is 2.53. The van der Waals surface area contributed by atoms with E-state index in [9.17, 15) is 4.79 Å². The second-order valence-electron chi connectivity index (χ2n) is 5.06. The maximum Gasteiger partial charge on any atom is 0.357 e. The van der Waals surface area contributed by atoms with Crippen molar-refractivity contribution in [3.05, 3.63) is 30.2 Å². The molecule has 0 N–H and O–H groups in total. The second kappa shape index (κ2) is 3.87. The first-order chi connectivity index (χ1) is 7.87. The molecule has 0 atom stereocenters. The van der Waals surface area contributed by atoms with E-state index in [0.29, 0.717) is 5.69 Å². The highest BCUT2D eigenvalue weighted by molar-refractivity contribution is 5.92. The van der Waals surface area contributed by atoms with Gasteiger partial charge in [0.25, 0.3) is 0 Å². The molecule has 0 aliphatic rings. The summed E-state index contributed by atoms with van der Waals surface area (Å²) in [5.41, 5.74) is 0.817. The number of nitrogens with zero attached hydrogens (tertiary/aromatic N) is 2. The molecule has 0 aliphatic carbocycles. The summed E-state index contributed by atoms with van der Waals surface area (Å²) < 4.78 is 7.23. The minimum absolute atomic E-state index is 0.342. The Morgan fingerprint density at radius 3 is 2.76 bits per heavy atom. The van der Waals surface area contributed by atoms with Crippen LogP contribution in [0.3, 0.4) is 0 Å². The van der Waals surface area contributed by atoms with Gasteiger partial charge in [0.2, 0.25) is 0 Å². The first kappa shape index (κ1) is 11.6. The SMILES string of the molecule is Cn1ccc2cnc(C(=O)OC(C)(C)C)cc21. The van der Waals surface area contributed by atoms with Gasteiger partial charge >= 0.3 is 5.97 Å². The fraction of sp³-hybridized carbons (Fsp3) is 0.385. The van der Waals surface area contributed by atoms with E-state index >= 15 is 0 Å². The third-order valence-corrected chi connectivity index (χ3v) is 2.38. The lowest BCUT2D eigenvalue weighted by Crippen LogP contribution is -2.24. The molecule has 0 spiro atoms. The standard InChI is InChI=1S/C13H16N2O2/c1-13(2,3)17-12(16)10-7-11-9(8-14-10)5-6-15(11)4/h5-8H,1-4H3. The molecule has 2 heterocycles. The quantitative estimate of drug-likeness (QED) is 0.710. The Kier molecular flexibility index (Phi) is 2.65. The lowest BCUT2D eigenvalue weighted by molar-refractivity contribution is 0.00631. The number of esters is 1. The van der Waals surface area contributed by atoms with E-state index in [4.69, 9.17) is 4.74 Å². The van der Waals surface area contributed by atoms with Gasteiger partial charge in [-0.05, 0) is 32.9 Å². The van der Waals surface area contributed by atoms with Crippen LogP contribution in [-0.2, 0) is 11.8 Å². The average molecular weight is 232 g/mol. The van der Waals surface area contributed by atoms with Gasteiger partial charge in [-0.25, -0.2) is 9.78 Å². The molecule has 0 saturated carbocycles. The van der Waals surface area contributed by atoms with Gasteiger partial charge in [0.15, 0.2) is 0 Å². The molecule has 17 heavy (non-hydrogen) atoms.